The smallest absolute Gasteiger partial charge is 0.297 e. The molecule has 5 aromatic heterocycles. The summed E-state index contributed by atoms with van der Waals surface area (Å²) >= 11 is 0. The van der Waals surface area contributed by atoms with Crippen LogP contribution in [0.25, 0.3) is 22.5 Å². The van der Waals surface area contributed by atoms with Crippen molar-refractivity contribution in [3.05, 3.63) is 92.8 Å². The molecule has 2 saturated heterocycles. The molecule has 0 spiro atoms. The van der Waals surface area contributed by atoms with E-state index >= 15 is 0 Å². The van der Waals surface area contributed by atoms with E-state index in [1.165, 1.54) is 21.2 Å². The monoisotopic (exact) mass is 697 g/mol. The average molecular weight is 698 g/mol. The summed E-state index contributed by atoms with van der Waals surface area (Å²) in [7, 11) is 1.68. The second-order valence-corrected chi connectivity index (χ2v) is 13.4. The number of ether oxygens (including phenoxy) is 1. The van der Waals surface area contributed by atoms with Gasteiger partial charge in [0.25, 0.3) is 11.1 Å². The summed E-state index contributed by atoms with van der Waals surface area (Å²) in [6.07, 6.45) is 12.1. The number of aliphatic hydroxyl groups is 1. The van der Waals surface area contributed by atoms with E-state index in [-0.39, 0.29) is 37.0 Å². The topological polar surface area (TPSA) is 135 Å². The van der Waals surface area contributed by atoms with Crippen LogP contribution in [0.15, 0.2) is 64.8 Å². The van der Waals surface area contributed by atoms with E-state index in [4.69, 9.17) is 4.74 Å². The van der Waals surface area contributed by atoms with Crippen LogP contribution in [0.5, 0.6) is 0 Å². The second kappa shape index (κ2) is 14.0. The second-order valence-electron chi connectivity index (χ2n) is 13.4. The van der Waals surface area contributed by atoms with Gasteiger partial charge in [0.2, 0.25) is 0 Å². The number of piperazine rings is 1. The Morgan fingerprint density at radius 1 is 1.02 bits per heavy atom. The van der Waals surface area contributed by atoms with Crippen molar-refractivity contribution in [3.63, 3.8) is 0 Å². The van der Waals surface area contributed by atoms with Crippen LogP contribution in [-0.2, 0) is 31.2 Å². The lowest BCUT2D eigenvalue weighted by atomic mass is 10.0. The summed E-state index contributed by atoms with van der Waals surface area (Å²) in [5.74, 6) is 0.795. The molecule has 0 bridgehead atoms. The molecule has 0 amide bonds. The molecule has 2 fully saturated rings. The maximum atomic E-state index is 13.8. The zero-order valence-corrected chi connectivity index (χ0v) is 29.4. The first-order valence-corrected chi connectivity index (χ1v) is 17.1. The van der Waals surface area contributed by atoms with E-state index in [0.29, 0.717) is 45.8 Å². The predicted octanol–water partition coefficient (Wildman–Crippen LogP) is 3.17. The Hall–Kier alpha value is -4.50. The molecule has 0 radical (unpaired) electrons. The number of nitrogens with one attached hydrogen (secondary N) is 1. The van der Waals surface area contributed by atoms with Gasteiger partial charge < -0.3 is 24.6 Å². The van der Waals surface area contributed by atoms with Crippen LogP contribution in [0.4, 0.5) is 17.2 Å². The van der Waals surface area contributed by atoms with Gasteiger partial charge in [-0.05, 0) is 74.1 Å². The van der Waals surface area contributed by atoms with Crippen molar-refractivity contribution >= 4 is 36.2 Å². The minimum absolute atomic E-state index is 0. The molecule has 0 saturated carbocycles. The first kappa shape index (κ1) is 34.0. The Kier molecular flexibility index (Phi) is 9.53. The Bertz CT molecular complexity index is 2140. The molecule has 3 aliphatic rings. The van der Waals surface area contributed by atoms with Crippen LogP contribution in [0.3, 0.4) is 0 Å². The fourth-order valence-corrected chi connectivity index (χ4v) is 7.55. The van der Waals surface area contributed by atoms with Crippen LogP contribution in [0, 0.1) is 0 Å². The number of aryl methyl sites for hydroxylation is 3. The summed E-state index contributed by atoms with van der Waals surface area (Å²) in [5, 5.41) is 18.3. The highest BCUT2D eigenvalue weighted by atomic mass is 32.1. The lowest BCUT2D eigenvalue weighted by Gasteiger charge is -2.46. The van der Waals surface area contributed by atoms with E-state index in [9.17, 15) is 14.7 Å². The normalized spacial score (nSPS) is 18.3. The Morgan fingerprint density at radius 2 is 1.86 bits per heavy atom. The van der Waals surface area contributed by atoms with Crippen molar-refractivity contribution in [2.75, 3.05) is 43.1 Å². The van der Waals surface area contributed by atoms with Gasteiger partial charge in [0.15, 0.2) is 5.82 Å². The number of nitrogens with zero attached hydrogens (tertiary/aromatic N) is 8. The number of aliphatic hydroxyl groups excluding tert-OH is 1. The Balaban J connectivity index is 0.00000392. The fraction of sp³-hybridized carbons (Fsp3) is 0.417. The van der Waals surface area contributed by atoms with E-state index in [1.54, 1.807) is 37.9 Å². The van der Waals surface area contributed by atoms with Gasteiger partial charge >= 0.3 is 0 Å². The van der Waals surface area contributed by atoms with E-state index in [1.807, 2.05) is 28.8 Å². The van der Waals surface area contributed by atoms with Crippen molar-refractivity contribution in [2.24, 2.45) is 7.05 Å². The maximum absolute atomic E-state index is 13.8. The standard InChI is InChI=1S/C36H41N9O4.H2S/c1-23-17-42(27-20-49-21-27)12-13-43(23)26-8-9-33(38-16-26)40-30-14-25(18-41(2)35(30)47)28-10-11-37-34(29(28)19-46)45-36(48)32-15-24-6-4-3-5-7-31(24)44(32)22-39-45;/h8-11,14-16,18,22-23,27,46H,3-7,12-13,17,19-21H2,1-2H3,(H,38,40);1H2/t23-;/m0./s1. The highest BCUT2D eigenvalue weighted by Gasteiger charge is 2.32. The highest BCUT2D eigenvalue weighted by Crippen LogP contribution is 2.30. The number of fused-ring (bicyclic) bond motifs is 3. The van der Waals surface area contributed by atoms with Crippen LogP contribution in [-0.4, -0.2) is 83.7 Å². The number of rotatable bonds is 7. The molecule has 5 aromatic rings. The van der Waals surface area contributed by atoms with Crippen molar-refractivity contribution in [1.82, 2.24) is 33.6 Å². The molecule has 2 aliphatic heterocycles. The zero-order valence-electron chi connectivity index (χ0n) is 28.4. The quantitative estimate of drug-likeness (QED) is 0.244. The predicted molar refractivity (Wildman–Crippen MR) is 197 cm³/mol. The molecule has 13 nitrogen and oxygen atoms in total. The van der Waals surface area contributed by atoms with Gasteiger partial charge in [-0.3, -0.25) is 18.9 Å². The number of hydrogen-bond donors (Lipinski definition) is 2. The van der Waals surface area contributed by atoms with Gasteiger partial charge in [-0.1, -0.05) is 6.42 Å². The molecule has 1 atom stereocenters. The van der Waals surface area contributed by atoms with E-state index in [0.717, 1.165) is 69.9 Å². The maximum Gasteiger partial charge on any atom is 0.297 e. The van der Waals surface area contributed by atoms with E-state index in [2.05, 4.69) is 37.1 Å². The summed E-state index contributed by atoms with van der Waals surface area (Å²) in [4.78, 5) is 41.1. The van der Waals surface area contributed by atoms with Crippen molar-refractivity contribution in [3.8, 4) is 16.9 Å². The van der Waals surface area contributed by atoms with Gasteiger partial charge in [-0.25, -0.2) is 9.97 Å². The summed E-state index contributed by atoms with van der Waals surface area (Å²) in [6.45, 7) is 6.38. The lowest BCUT2D eigenvalue weighted by molar-refractivity contribution is -0.0691. The SMILES string of the molecule is C[C@H]1CN(C2COC2)CCN1c1ccc(Nc2cc(-c3ccnc(-n4ncn5c6c(cc5c4=O)CCCCC6)c3CO)cn(C)c2=O)nc1.S. The number of pyridine rings is 3. The summed E-state index contributed by atoms with van der Waals surface area (Å²) < 4.78 is 10.0. The van der Waals surface area contributed by atoms with Crippen LogP contribution in [0.1, 0.15) is 43.0 Å². The van der Waals surface area contributed by atoms with Crippen LogP contribution in [0.2, 0.25) is 0 Å². The molecule has 262 valence electrons. The third kappa shape index (κ3) is 6.10. The third-order valence-corrected chi connectivity index (χ3v) is 10.3. The van der Waals surface area contributed by atoms with E-state index < -0.39 is 0 Å². The summed E-state index contributed by atoms with van der Waals surface area (Å²) in [6, 6.07) is 10.3. The number of aromatic nitrogens is 6. The molecule has 8 rings (SSSR count). The minimum Gasteiger partial charge on any atom is -0.392 e. The van der Waals surface area contributed by atoms with Crippen molar-refractivity contribution < 1.29 is 9.84 Å². The third-order valence-electron chi connectivity index (χ3n) is 10.3. The molecule has 2 N–H and O–H groups in total. The first-order valence-electron chi connectivity index (χ1n) is 17.1. The lowest BCUT2D eigenvalue weighted by Crippen LogP contribution is -2.59. The Morgan fingerprint density at radius 3 is 2.60 bits per heavy atom. The van der Waals surface area contributed by atoms with Gasteiger partial charge in [0.1, 0.15) is 23.3 Å². The van der Waals surface area contributed by atoms with Crippen molar-refractivity contribution in [2.45, 2.75) is 57.7 Å². The Labute approximate surface area is 296 Å². The molecule has 50 heavy (non-hydrogen) atoms. The van der Waals surface area contributed by atoms with Crippen molar-refractivity contribution in [1.29, 1.82) is 0 Å². The van der Waals surface area contributed by atoms with Gasteiger partial charge in [0.05, 0.1) is 37.7 Å². The van der Waals surface area contributed by atoms with Gasteiger partial charge in [-0.2, -0.15) is 23.3 Å². The highest BCUT2D eigenvalue weighted by molar-refractivity contribution is 7.59. The molecule has 14 heteroatoms. The van der Waals surface area contributed by atoms with Crippen LogP contribution < -0.4 is 21.3 Å². The molecule has 1 aliphatic carbocycles. The number of hydrogen-bond acceptors (Lipinski definition) is 10. The molecule has 0 unspecified atom stereocenters. The average Bonchev–Trinajstić information content (AvgIpc) is 3.27. The largest absolute Gasteiger partial charge is 0.392 e. The molecular formula is C36H43N9O4S. The molecular weight excluding hydrogens is 655 g/mol. The van der Waals surface area contributed by atoms with Gasteiger partial charge in [-0.15, -0.1) is 0 Å². The zero-order chi connectivity index (χ0) is 33.6. The molecule has 0 aromatic carbocycles. The van der Waals surface area contributed by atoms with Crippen LogP contribution >= 0.6 is 13.5 Å². The minimum atomic E-state index is -0.384. The fourth-order valence-electron chi connectivity index (χ4n) is 7.55. The van der Waals surface area contributed by atoms with Gasteiger partial charge in [0, 0.05) is 61.9 Å². The first-order chi connectivity index (χ1) is 23.9. The summed E-state index contributed by atoms with van der Waals surface area (Å²) in [5.41, 5.74) is 5.48. The molecule has 7 heterocycles. The number of anilines is 3.